The van der Waals surface area contributed by atoms with Crippen LogP contribution in [0.4, 0.5) is 0 Å². The minimum atomic E-state index is -0.0837. The van der Waals surface area contributed by atoms with Gasteiger partial charge in [-0.05, 0) is 25.7 Å². The Hall–Kier alpha value is -0.820. The third-order valence-electron chi connectivity index (χ3n) is 2.27. The molecule has 0 aliphatic heterocycles. The zero-order chi connectivity index (χ0) is 11.4. The molecular weight excluding hydrogens is 184 g/mol. The van der Waals surface area contributed by atoms with Gasteiger partial charge in [0.15, 0.2) is 0 Å². The lowest BCUT2D eigenvalue weighted by Crippen LogP contribution is -2.04. The van der Waals surface area contributed by atoms with E-state index in [0.717, 1.165) is 32.1 Å². The highest BCUT2D eigenvalue weighted by atomic mass is 16.3. The SMILES string of the molecule is C=C/C=C\C=CCCCCC(O)CCC. The molecule has 1 N–H and O–H groups in total. The molecule has 0 bridgehead atoms. The van der Waals surface area contributed by atoms with Gasteiger partial charge in [-0.3, -0.25) is 0 Å². The van der Waals surface area contributed by atoms with Crippen molar-refractivity contribution in [3.63, 3.8) is 0 Å². The maximum Gasteiger partial charge on any atom is 0.0540 e. The number of hydrogen-bond donors (Lipinski definition) is 1. The van der Waals surface area contributed by atoms with Crippen LogP contribution in [0.5, 0.6) is 0 Å². The molecule has 0 heterocycles. The summed E-state index contributed by atoms with van der Waals surface area (Å²) in [6.07, 6.45) is 16.1. The molecule has 0 aliphatic carbocycles. The standard InChI is InChI=1S/C14H24O/c1-3-5-6-7-8-9-10-11-13-14(15)12-4-2/h3,5-8,14-15H,1,4,9-13H2,2H3/b6-5-,8-7?. The molecule has 0 aromatic carbocycles. The van der Waals surface area contributed by atoms with Gasteiger partial charge < -0.3 is 5.11 Å². The van der Waals surface area contributed by atoms with Crippen LogP contribution in [0.3, 0.4) is 0 Å². The summed E-state index contributed by atoms with van der Waals surface area (Å²) in [6, 6.07) is 0. The van der Waals surface area contributed by atoms with Gasteiger partial charge >= 0.3 is 0 Å². The Labute approximate surface area is 94.2 Å². The van der Waals surface area contributed by atoms with E-state index in [4.69, 9.17) is 0 Å². The summed E-state index contributed by atoms with van der Waals surface area (Å²) >= 11 is 0. The van der Waals surface area contributed by atoms with E-state index in [1.54, 1.807) is 6.08 Å². The van der Waals surface area contributed by atoms with Gasteiger partial charge in [-0.25, -0.2) is 0 Å². The van der Waals surface area contributed by atoms with E-state index in [1.165, 1.54) is 6.42 Å². The molecule has 0 saturated heterocycles. The van der Waals surface area contributed by atoms with Gasteiger partial charge in [0.05, 0.1) is 6.10 Å². The molecule has 0 aromatic rings. The van der Waals surface area contributed by atoms with Crippen molar-refractivity contribution in [3.05, 3.63) is 37.0 Å². The van der Waals surface area contributed by atoms with Crippen LogP contribution in [0.1, 0.15) is 45.4 Å². The second-order valence-corrected chi connectivity index (χ2v) is 3.78. The second-order valence-electron chi connectivity index (χ2n) is 3.78. The third kappa shape index (κ3) is 11.1. The Kier molecular flexibility index (Phi) is 10.6. The summed E-state index contributed by atoms with van der Waals surface area (Å²) < 4.78 is 0. The lowest BCUT2D eigenvalue weighted by Gasteiger charge is -2.07. The summed E-state index contributed by atoms with van der Waals surface area (Å²) in [7, 11) is 0. The van der Waals surface area contributed by atoms with Crippen LogP contribution in [0.15, 0.2) is 37.0 Å². The van der Waals surface area contributed by atoms with E-state index in [9.17, 15) is 5.11 Å². The fraction of sp³-hybridized carbons (Fsp3) is 0.571. The normalized spacial score (nSPS) is 13.7. The summed E-state index contributed by atoms with van der Waals surface area (Å²) in [4.78, 5) is 0. The maximum atomic E-state index is 9.48. The van der Waals surface area contributed by atoms with Crippen molar-refractivity contribution in [2.45, 2.75) is 51.6 Å². The Morgan fingerprint density at radius 3 is 2.60 bits per heavy atom. The Balaban J connectivity index is 3.27. The molecule has 0 spiro atoms. The zero-order valence-corrected chi connectivity index (χ0v) is 9.86. The van der Waals surface area contributed by atoms with Gasteiger partial charge in [0.2, 0.25) is 0 Å². The van der Waals surface area contributed by atoms with Crippen LogP contribution < -0.4 is 0 Å². The average Bonchev–Trinajstić information content (AvgIpc) is 2.22. The lowest BCUT2D eigenvalue weighted by molar-refractivity contribution is 0.150. The van der Waals surface area contributed by atoms with Gasteiger partial charge in [0.1, 0.15) is 0 Å². The molecule has 1 heteroatoms. The second kappa shape index (κ2) is 11.3. The zero-order valence-electron chi connectivity index (χ0n) is 9.86. The Morgan fingerprint density at radius 2 is 1.93 bits per heavy atom. The highest BCUT2D eigenvalue weighted by Gasteiger charge is 2.00. The number of unbranched alkanes of at least 4 members (excludes halogenated alkanes) is 2. The van der Waals surface area contributed by atoms with Crippen LogP contribution in [0.2, 0.25) is 0 Å². The lowest BCUT2D eigenvalue weighted by atomic mass is 10.1. The molecule has 1 nitrogen and oxygen atoms in total. The van der Waals surface area contributed by atoms with Crippen molar-refractivity contribution in [3.8, 4) is 0 Å². The monoisotopic (exact) mass is 208 g/mol. The van der Waals surface area contributed by atoms with E-state index < -0.39 is 0 Å². The van der Waals surface area contributed by atoms with Gasteiger partial charge in [-0.2, -0.15) is 0 Å². The third-order valence-corrected chi connectivity index (χ3v) is 2.27. The molecule has 0 saturated carbocycles. The number of aliphatic hydroxyl groups is 1. The van der Waals surface area contributed by atoms with Crippen LogP contribution in [-0.4, -0.2) is 11.2 Å². The first kappa shape index (κ1) is 14.2. The summed E-state index contributed by atoms with van der Waals surface area (Å²) in [5.74, 6) is 0. The molecule has 0 aliphatic rings. The van der Waals surface area contributed by atoms with Crippen molar-refractivity contribution in [1.82, 2.24) is 0 Å². The number of aliphatic hydroxyl groups excluding tert-OH is 1. The predicted octanol–water partition coefficient (Wildman–Crippen LogP) is 4.01. The summed E-state index contributed by atoms with van der Waals surface area (Å²) in [6.45, 7) is 5.71. The van der Waals surface area contributed by atoms with Crippen LogP contribution in [-0.2, 0) is 0 Å². The minimum Gasteiger partial charge on any atom is -0.393 e. The predicted molar refractivity (Wildman–Crippen MR) is 67.9 cm³/mol. The smallest absolute Gasteiger partial charge is 0.0540 e. The van der Waals surface area contributed by atoms with Crippen molar-refractivity contribution in [2.24, 2.45) is 0 Å². The molecule has 0 fully saturated rings. The van der Waals surface area contributed by atoms with Gasteiger partial charge in [0.25, 0.3) is 0 Å². The molecule has 0 rings (SSSR count). The first-order valence-electron chi connectivity index (χ1n) is 5.93. The molecule has 1 atom stereocenters. The van der Waals surface area contributed by atoms with E-state index in [-0.39, 0.29) is 6.10 Å². The molecule has 0 aromatic heterocycles. The first-order valence-corrected chi connectivity index (χ1v) is 5.93. The van der Waals surface area contributed by atoms with E-state index in [1.807, 2.05) is 18.2 Å². The number of rotatable bonds is 9. The molecule has 0 radical (unpaired) electrons. The minimum absolute atomic E-state index is 0.0837. The molecule has 86 valence electrons. The summed E-state index contributed by atoms with van der Waals surface area (Å²) in [5.41, 5.74) is 0. The van der Waals surface area contributed by atoms with Crippen molar-refractivity contribution >= 4 is 0 Å². The Bertz CT molecular complexity index is 192. The number of hydrogen-bond acceptors (Lipinski definition) is 1. The Morgan fingerprint density at radius 1 is 1.13 bits per heavy atom. The highest BCUT2D eigenvalue weighted by molar-refractivity contribution is 5.08. The van der Waals surface area contributed by atoms with E-state index in [0.29, 0.717) is 0 Å². The van der Waals surface area contributed by atoms with Gasteiger partial charge in [-0.1, -0.05) is 56.7 Å². The number of allylic oxidation sites excluding steroid dienone is 5. The van der Waals surface area contributed by atoms with Crippen LogP contribution in [0.25, 0.3) is 0 Å². The van der Waals surface area contributed by atoms with E-state index in [2.05, 4.69) is 19.6 Å². The average molecular weight is 208 g/mol. The topological polar surface area (TPSA) is 20.2 Å². The van der Waals surface area contributed by atoms with Crippen molar-refractivity contribution in [1.29, 1.82) is 0 Å². The first-order chi connectivity index (χ1) is 7.31. The van der Waals surface area contributed by atoms with Crippen molar-refractivity contribution in [2.75, 3.05) is 0 Å². The quantitative estimate of drug-likeness (QED) is 0.448. The summed E-state index contributed by atoms with van der Waals surface area (Å²) in [5, 5.41) is 9.48. The molecule has 0 amide bonds. The molecule has 15 heavy (non-hydrogen) atoms. The van der Waals surface area contributed by atoms with Gasteiger partial charge in [0, 0.05) is 0 Å². The maximum absolute atomic E-state index is 9.48. The van der Waals surface area contributed by atoms with Crippen LogP contribution >= 0.6 is 0 Å². The molecule has 1 unspecified atom stereocenters. The highest BCUT2D eigenvalue weighted by Crippen LogP contribution is 2.08. The van der Waals surface area contributed by atoms with Crippen molar-refractivity contribution < 1.29 is 5.11 Å². The van der Waals surface area contributed by atoms with E-state index >= 15 is 0 Å². The fourth-order valence-electron chi connectivity index (χ4n) is 1.44. The largest absolute Gasteiger partial charge is 0.393 e. The molecular formula is C14H24O. The van der Waals surface area contributed by atoms with Crippen LogP contribution in [0, 0.1) is 0 Å². The van der Waals surface area contributed by atoms with Gasteiger partial charge in [-0.15, -0.1) is 0 Å². The fourth-order valence-corrected chi connectivity index (χ4v) is 1.44.